The van der Waals surface area contributed by atoms with E-state index in [1.807, 2.05) is 60.7 Å². The molecule has 0 bridgehead atoms. The van der Waals surface area contributed by atoms with Gasteiger partial charge in [-0.1, -0.05) is 109 Å². The number of hydrogen-bond acceptors (Lipinski definition) is 5. The molecule has 0 amide bonds. The summed E-state index contributed by atoms with van der Waals surface area (Å²) in [5.74, 6) is 0.559. The van der Waals surface area contributed by atoms with Gasteiger partial charge in [-0.05, 0) is 77.9 Å². The van der Waals surface area contributed by atoms with Crippen molar-refractivity contribution < 1.29 is 13.3 Å². The van der Waals surface area contributed by atoms with Crippen LogP contribution in [0.2, 0.25) is 0 Å². The minimum atomic E-state index is 0.517. The molecule has 0 radical (unpaired) electrons. The molecule has 0 fully saturated rings. The number of nitrogens with zero attached hydrogens (tertiary/aromatic N) is 3. The number of benzene rings is 8. The summed E-state index contributed by atoms with van der Waals surface area (Å²) in [6.07, 6.45) is 0. The maximum atomic E-state index is 6.71. The fourth-order valence-corrected chi connectivity index (χ4v) is 9.11. The Morgan fingerprint density at radius 3 is 1.69 bits per heavy atom. The summed E-state index contributed by atoms with van der Waals surface area (Å²) < 4.78 is 21.7. The molecular weight excluding hydrogens is 715 g/mol. The maximum Gasteiger partial charge on any atom is 0.231 e. The number of furan rings is 3. The lowest BCUT2D eigenvalue weighted by Crippen LogP contribution is -1.95. The first-order chi connectivity index (χ1) is 28.7. The third-order valence-corrected chi connectivity index (χ3v) is 11.7. The topological polar surface area (TPSA) is 70.1 Å². The summed E-state index contributed by atoms with van der Waals surface area (Å²) in [6.45, 7) is 0. The van der Waals surface area contributed by atoms with Crippen LogP contribution in [-0.4, -0.2) is 14.5 Å². The van der Waals surface area contributed by atoms with Crippen LogP contribution in [0.15, 0.2) is 189 Å². The van der Waals surface area contributed by atoms with E-state index in [2.05, 4.69) is 120 Å². The first kappa shape index (κ1) is 31.3. The Balaban J connectivity index is 1.08. The highest BCUT2D eigenvalue weighted by Gasteiger charge is 2.24. The predicted molar refractivity (Wildman–Crippen MR) is 235 cm³/mol. The van der Waals surface area contributed by atoms with Gasteiger partial charge in [0.2, 0.25) is 5.71 Å². The highest BCUT2D eigenvalue weighted by Crippen LogP contribution is 2.44. The van der Waals surface area contributed by atoms with E-state index in [1.54, 1.807) is 0 Å². The van der Waals surface area contributed by atoms with Crippen molar-refractivity contribution in [1.82, 2.24) is 14.5 Å². The van der Waals surface area contributed by atoms with E-state index >= 15 is 0 Å². The smallest absolute Gasteiger partial charge is 0.231 e. The highest BCUT2D eigenvalue weighted by molar-refractivity contribution is 6.19. The molecule has 58 heavy (non-hydrogen) atoms. The molecule has 0 spiro atoms. The molecule has 0 saturated carbocycles. The van der Waals surface area contributed by atoms with Crippen LogP contribution in [0.3, 0.4) is 0 Å². The van der Waals surface area contributed by atoms with Gasteiger partial charge in [0.1, 0.15) is 27.9 Å². The van der Waals surface area contributed by atoms with E-state index in [1.165, 1.54) is 16.3 Å². The molecule has 0 saturated heterocycles. The Hall–Kier alpha value is -7.96. The lowest BCUT2D eigenvalue weighted by atomic mass is 9.97. The molecule has 0 N–H and O–H groups in total. The zero-order valence-corrected chi connectivity index (χ0v) is 30.8. The van der Waals surface area contributed by atoms with Gasteiger partial charge in [0.15, 0.2) is 5.82 Å². The van der Waals surface area contributed by atoms with Gasteiger partial charge in [-0.25, -0.2) is 4.98 Å². The van der Waals surface area contributed by atoms with Gasteiger partial charge in [-0.2, -0.15) is 4.98 Å². The molecule has 13 aromatic rings. The molecule has 5 aromatic heterocycles. The molecule has 5 heterocycles. The van der Waals surface area contributed by atoms with E-state index in [-0.39, 0.29) is 0 Å². The summed E-state index contributed by atoms with van der Waals surface area (Å²) in [6, 6.07) is 60.9. The minimum absolute atomic E-state index is 0.517. The average molecular weight is 744 g/mol. The van der Waals surface area contributed by atoms with Crippen molar-refractivity contribution in [2.24, 2.45) is 0 Å². The van der Waals surface area contributed by atoms with Crippen molar-refractivity contribution in [3.63, 3.8) is 0 Å². The average Bonchev–Trinajstić information content (AvgIpc) is 4.04. The molecule has 6 heteroatoms. The SMILES string of the molecule is c1ccc(-n2c3ccccc3c3cc(-c4ccc5oc6nc(-c7cccc8oc9ccccc9c78)nc(-c7cccc8oc9ccccc9c78)c6c5c4)ccc32)cc1. The Morgan fingerprint density at radius 1 is 0.362 bits per heavy atom. The standard InChI is InChI=1S/C52H29N3O3/c1-2-12-32(13-3-1)55-40-19-7-4-14-33(40)38-28-30(24-26-41(38)55)31-25-27-44-39(29-31)49-50(36-17-10-22-45-47(36)34-15-5-8-20-42(34)56-45)53-51(54-52(49)58-44)37-18-11-23-46-48(37)35-16-6-9-21-43(35)57-46/h1-29H. The third kappa shape index (κ3) is 4.42. The number of aromatic nitrogens is 3. The van der Waals surface area contributed by atoms with Crippen LogP contribution in [-0.2, 0) is 0 Å². The minimum Gasteiger partial charge on any atom is -0.456 e. The van der Waals surface area contributed by atoms with Gasteiger partial charge in [-0.3, -0.25) is 0 Å². The predicted octanol–water partition coefficient (Wildman–Crippen LogP) is 14.3. The third-order valence-electron chi connectivity index (χ3n) is 11.7. The van der Waals surface area contributed by atoms with Crippen LogP contribution in [0.4, 0.5) is 0 Å². The maximum absolute atomic E-state index is 6.71. The van der Waals surface area contributed by atoms with Crippen LogP contribution < -0.4 is 0 Å². The first-order valence-corrected chi connectivity index (χ1v) is 19.4. The summed E-state index contributed by atoms with van der Waals surface area (Å²) in [4.78, 5) is 10.7. The second-order valence-corrected chi connectivity index (χ2v) is 14.9. The first-order valence-electron chi connectivity index (χ1n) is 19.4. The second kappa shape index (κ2) is 11.8. The zero-order valence-electron chi connectivity index (χ0n) is 30.8. The van der Waals surface area contributed by atoms with Gasteiger partial charge in [0.25, 0.3) is 0 Å². The van der Waals surface area contributed by atoms with E-state index < -0.39 is 0 Å². The van der Waals surface area contributed by atoms with E-state index in [0.717, 1.165) is 99.4 Å². The number of rotatable bonds is 4. The monoisotopic (exact) mass is 743 g/mol. The Labute approximate surface area is 329 Å². The Bertz CT molecular complexity index is 3810. The normalized spacial score (nSPS) is 12.1. The lowest BCUT2D eigenvalue weighted by molar-refractivity contribution is 0.653. The Kier molecular flexibility index (Phi) is 6.35. The van der Waals surface area contributed by atoms with Crippen molar-refractivity contribution in [3.8, 4) is 39.5 Å². The van der Waals surface area contributed by atoms with E-state index in [0.29, 0.717) is 11.5 Å². The molecule has 8 aromatic carbocycles. The van der Waals surface area contributed by atoms with Gasteiger partial charge >= 0.3 is 0 Å². The molecular formula is C52H29N3O3. The molecule has 0 aliphatic heterocycles. The molecule has 0 aliphatic rings. The van der Waals surface area contributed by atoms with Gasteiger partial charge < -0.3 is 17.8 Å². The van der Waals surface area contributed by atoms with Crippen molar-refractivity contribution in [2.75, 3.05) is 0 Å². The fraction of sp³-hybridized carbons (Fsp3) is 0. The van der Waals surface area contributed by atoms with Crippen molar-refractivity contribution in [1.29, 1.82) is 0 Å². The number of fused-ring (bicyclic) bond motifs is 12. The molecule has 270 valence electrons. The van der Waals surface area contributed by atoms with Crippen molar-refractivity contribution >= 4 is 87.8 Å². The van der Waals surface area contributed by atoms with Gasteiger partial charge in [0, 0.05) is 54.5 Å². The lowest BCUT2D eigenvalue weighted by Gasteiger charge is -2.09. The fourth-order valence-electron chi connectivity index (χ4n) is 9.11. The largest absolute Gasteiger partial charge is 0.456 e. The molecule has 0 atom stereocenters. The van der Waals surface area contributed by atoms with Crippen LogP contribution in [0.5, 0.6) is 0 Å². The van der Waals surface area contributed by atoms with Crippen molar-refractivity contribution in [2.45, 2.75) is 0 Å². The van der Waals surface area contributed by atoms with Crippen molar-refractivity contribution in [3.05, 3.63) is 176 Å². The number of para-hydroxylation sites is 4. The van der Waals surface area contributed by atoms with Crippen LogP contribution in [0.25, 0.3) is 127 Å². The summed E-state index contributed by atoms with van der Waals surface area (Å²) in [7, 11) is 0. The van der Waals surface area contributed by atoms with E-state index in [9.17, 15) is 0 Å². The van der Waals surface area contributed by atoms with Crippen LogP contribution in [0, 0.1) is 0 Å². The van der Waals surface area contributed by atoms with Crippen LogP contribution >= 0.6 is 0 Å². The molecule has 6 nitrogen and oxygen atoms in total. The van der Waals surface area contributed by atoms with Crippen LogP contribution in [0.1, 0.15) is 0 Å². The molecule has 0 aliphatic carbocycles. The second-order valence-electron chi connectivity index (χ2n) is 14.9. The Morgan fingerprint density at radius 2 is 0.931 bits per heavy atom. The zero-order chi connectivity index (χ0) is 37.9. The molecule has 0 unspecified atom stereocenters. The molecule has 13 rings (SSSR count). The number of hydrogen-bond donors (Lipinski definition) is 0. The van der Waals surface area contributed by atoms with Gasteiger partial charge in [0.05, 0.1) is 22.1 Å². The summed E-state index contributed by atoms with van der Waals surface area (Å²) in [5, 5.41) is 8.21. The summed E-state index contributed by atoms with van der Waals surface area (Å²) in [5.41, 5.74) is 12.7. The quantitative estimate of drug-likeness (QED) is 0.179. The summed E-state index contributed by atoms with van der Waals surface area (Å²) >= 11 is 0. The van der Waals surface area contributed by atoms with E-state index in [4.69, 9.17) is 23.2 Å². The van der Waals surface area contributed by atoms with Gasteiger partial charge in [-0.15, -0.1) is 0 Å². The highest BCUT2D eigenvalue weighted by atomic mass is 16.3.